The quantitative estimate of drug-likeness (QED) is 0.442. The Bertz CT molecular complexity index is 1400. The van der Waals surface area contributed by atoms with Crippen LogP contribution in [0.3, 0.4) is 0 Å². The number of para-hydroxylation sites is 1. The Hall–Kier alpha value is -2.12. The summed E-state index contributed by atoms with van der Waals surface area (Å²) < 4.78 is 0.564. The van der Waals surface area contributed by atoms with Crippen LogP contribution in [0, 0.1) is 5.41 Å². The van der Waals surface area contributed by atoms with E-state index in [0.717, 1.165) is 0 Å². The molecule has 0 radical (unpaired) electrons. The molecule has 0 saturated carbocycles. The average Bonchev–Trinajstić information content (AvgIpc) is 3.39. The standard InChI is InChI=1S/C33H30N.2ClH.Zr/c1-32(2)22-25-14-12-20-33(29(25)23-32,26-15-6-4-7-16-26)31-28-19-11-10-13-24(28)21-30(31)34(3)27-17-8-5-9-18-27;;;/h4-23,31H,1-3H3;2*1H;/q;;;+2/p-2. The van der Waals surface area contributed by atoms with E-state index in [-0.39, 0.29) is 41.6 Å². The molecule has 3 aromatic carbocycles. The number of benzene rings is 3. The molecule has 3 unspecified atom stereocenters. The molecule has 3 aromatic rings. The first-order chi connectivity index (χ1) is 16.9. The summed E-state index contributed by atoms with van der Waals surface area (Å²) in [7, 11) is 2.22. The summed E-state index contributed by atoms with van der Waals surface area (Å²) >= 11 is 1.58. The molecule has 3 aliphatic rings. The van der Waals surface area contributed by atoms with Crippen molar-refractivity contribution in [3.63, 3.8) is 0 Å². The molecule has 0 aromatic heterocycles. The van der Waals surface area contributed by atoms with Gasteiger partial charge in [0.2, 0.25) is 0 Å². The van der Waals surface area contributed by atoms with E-state index in [2.05, 4.69) is 141 Å². The third kappa shape index (κ3) is 4.36. The topological polar surface area (TPSA) is 3.24 Å². The van der Waals surface area contributed by atoms with Crippen LogP contribution in [-0.4, -0.2) is 7.05 Å². The Balaban J connectivity index is 0.00000160. The molecule has 0 heterocycles. The fourth-order valence-corrected chi connectivity index (χ4v) is 7.12. The maximum absolute atomic E-state index is 2.59. The van der Waals surface area contributed by atoms with Gasteiger partial charge in [-0.25, -0.2) is 0 Å². The molecule has 3 aliphatic carbocycles. The van der Waals surface area contributed by atoms with Crippen LogP contribution >= 0.6 is 0 Å². The average molecular weight is 603 g/mol. The maximum atomic E-state index is 2.59. The van der Waals surface area contributed by atoms with Gasteiger partial charge in [0.25, 0.3) is 0 Å². The van der Waals surface area contributed by atoms with E-state index in [0.29, 0.717) is 3.63 Å². The van der Waals surface area contributed by atoms with Crippen LogP contribution in [0.5, 0.6) is 0 Å². The molecule has 37 heavy (non-hydrogen) atoms. The summed E-state index contributed by atoms with van der Waals surface area (Å²) in [4.78, 5) is 2.40. The van der Waals surface area contributed by atoms with Crippen molar-refractivity contribution in [2.75, 3.05) is 11.9 Å². The molecule has 1 nitrogen and oxygen atoms in total. The van der Waals surface area contributed by atoms with Crippen LogP contribution in [0.15, 0.2) is 126 Å². The van der Waals surface area contributed by atoms with E-state index in [1.807, 2.05) is 0 Å². The van der Waals surface area contributed by atoms with Crippen molar-refractivity contribution in [3.8, 4) is 0 Å². The smallest absolute Gasteiger partial charge is 1.00 e. The van der Waals surface area contributed by atoms with Crippen LogP contribution in [-0.2, 0) is 30.1 Å². The molecular weight excluding hydrogens is 573 g/mol. The predicted molar refractivity (Wildman–Crippen MR) is 143 cm³/mol. The first-order valence-corrected chi connectivity index (χ1v) is 13.8. The van der Waals surface area contributed by atoms with Crippen molar-refractivity contribution in [1.82, 2.24) is 0 Å². The van der Waals surface area contributed by atoms with Gasteiger partial charge < -0.3 is 24.8 Å². The number of allylic oxidation sites excluding steroid dienone is 7. The van der Waals surface area contributed by atoms with Crippen LogP contribution in [0.25, 0.3) is 6.08 Å². The monoisotopic (exact) mass is 600 g/mol. The van der Waals surface area contributed by atoms with Crippen molar-refractivity contribution in [2.24, 2.45) is 5.41 Å². The first kappa shape index (κ1) is 27.9. The van der Waals surface area contributed by atoms with Crippen molar-refractivity contribution in [3.05, 3.63) is 143 Å². The fraction of sp³-hybridized carbons (Fsp3) is 0.212. The Labute approximate surface area is 248 Å². The zero-order valence-electron chi connectivity index (χ0n) is 21.3. The molecule has 185 valence electrons. The molecular formula is C33H30Cl2NZr. The fourth-order valence-electron chi connectivity index (χ4n) is 6.29. The van der Waals surface area contributed by atoms with Gasteiger partial charge >= 0.3 is 225 Å². The van der Waals surface area contributed by atoms with E-state index in [9.17, 15) is 0 Å². The molecule has 0 fully saturated rings. The first-order valence-electron chi connectivity index (χ1n) is 12.4. The molecule has 0 spiro atoms. The summed E-state index contributed by atoms with van der Waals surface area (Å²) in [5.74, 6) is 0.175. The van der Waals surface area contributed by atoms with Gasteiger partial charge in [-0.05, 0) is 0 Å². The molecule has 4 heteroatoms. The largest absolute Gasteiger partial charge is 1.00 e. The number of likely N-dealkylation sites (N-methyl/N-ethyl adjacent to an activating group) is 1. The third-order valence-corrected chi connectivity index (χ3v) is 10.7. The zero-order valence-corrected chi connectivity index (χ0v) is 25.3. The molecule has 0 aliphatic heterocycles. The zero-order chi connectivity index (χ0) is 24.2. The summed E-state index contributed by atoms with van der Waals surface area (Å²) in [5, 5.41) is 0. The second kappa shape index (κ2) is 10.6. The predicted octanol–water partition coefficient (Wildman–Crippen LogP) is 2.00. The summed E-state index contributed by atoms with van der Waals surface area (Å²) in [6.45, 7) is 4.81. The van der Waals surface area contributed by atoms with Gasteiger partial charge in [-0.1, -0.05) is 0 Å². The van der Waals surface area contributed by atoms with Crippen LogP contribution in [0.2, 0.25) is 3.63 Å². The second-order valence-corrected chi connectivity index (χ2v) is 12.0. The van der Waals surface area contributed by atoms with E-state index in [1.54, 1.807) is 24.7 Å². The number of rotatable bonds is 4. The number of hydrogen-bond acceptors (Lipinski definition) is 1. The van der Waals surface area contributed by atoms with Gasteiger partial charge in [-0.3, -0.25) is 0 Å². The molecule has 3 atom stereocenters. The van der Waals surface area contributed by atoms with Gasteiger partial charge in [0.05, 0.1) is 0 Å². The molecule has 0 N–H and O–H groups in total. The van der Waals surface area contributed by atoms with Crippen LogP contribution in [0.4, 0.5) is 5.69 Å². The number of halogens is 2. The summed E-state index contributed by atoms with van der Waals surface area (Å²) in [5.41, 5.74) is 9.56. The van der Waals surface area contributed by atoms with E-state index in [1.165, 1.54) is 39.2 Å². The van der Waals surface area contributed by atoms with Crippen molar-refractivity contribution in [1.29, 1.82) is 0 Å². The van der Waals surface area contributed by atoms with Crippen molar-refractivity contribution in [2.45, 2.75) is 28.8 Å². The van der Waals surface area contributed by atoms with Crippen LogP contribution < -0.4 is 29.7 Å². The minimum atomic E-state index is -0.268. The number of fused-ring (bicyclic) bond motifs is 2. The van der Waals surface area contributed by atoms with Crippen molar-refractivity contribution < 1.29 is 49.5 Å². The molecule has 0 bridgehead atoms. The second-order valence-electron chi connectivity index (χ2n) is 10.6. The summed E-state index contributed by atoms with van der Waals surface area (Å²) in [6.07, 6.45) is 12.2. The molecule has 6 rings (SSSR count). The Morgan fingerprint density at radius 1 is 0.811 bits per heavy atom. The van der Waals surface area contributed by atoms with Gasteiger partial charge in [0.1, 0.15) is 0 Å². The minimum Gasteiger partial charge on any atom is -1.00 e. The Kier molecular flexibility index (Phi) is 7.97. The van der Waals surface area contributed by atoms with Gasteiger partial charge in [0, 0.05) is 0 Å². The van der Waals surface area contributed by atoms with Crippen molar-refractivity contribution >= 4 is 11.8 Å². The Morgan fingerprint density at radius 2 is 1.43 bits per heavy atom. The normalized spacial score (nSPS) is 24.5. The maximum Gasteiger partial charge on any atom is -1.00 e. The number of hydrogen-bond donors (Lipinski definition) is 0. The summed E-state index contributed by atoms with van der Waals surface area (Å²) in [6, 6.07) is 30.9. The third-order valence-electron chi connectivity index (χ3n) is 8.11. The van der Waals surface area contributed by atoms with Gasteiger partial charge in [-0.2, -0.15) is 0 Å². The SMILES string of the molecule is CN(C1=Cc2ccccc2C1C1(c2ccccc2)C=CC=C2C1=CC(C)(C)[CH]2[Zr+2])c1ccccc1.[Cl-].[Cl-]. The van der Waals surface area contributed by atoms with E-state index >= 15 is 0 Å². The van der Waals surface area contributed by atoms with E-state index in [4.69, 9.17) is 0 Å². The minimum absolute atomic E-state index is 0. The number of nitrogens with zero attached hydrogens (tertiary/aromatic N) is 1. The van der Waals surface area contributed by atoms with Crippen LogP contribution in [0.1, 0.15) is 36.5 Å². The Morgan fingerprint density at radius 3 is 2.14 bits per heavy atom. The molecule has 0 amide bonds. The van der Waals surface area contributed by atoms with Gasteiger partial charge in [-0.15, -0.1) is 0 Å². The van der Waals surface area contributed by atoms with E-state index < -0.39 is 0 Å². The number of anilines is 1. The molecule has 0 saturated heterocycles. The van der Waals surface area contributed by atoms with Gasteiger partial charge in [0.15, 0.2) is 0 Å².